The summed E-state index contributed by atoms with van der Waals surface area (Å²) in [6, 6.07) is 4.07. The molecule has 2 rings (SSSR count). The molecule has 0 aliphatic heterocycles. The Hall–Kier alpha value is -2.06. The van der Waals surface area contributed by atoms with Crippen LogP contribution in [0.3, 0.4) is 0 Å². The molecule has 0 saturated heterocycles. The second-order valence-electron chi connectivity index (χ2n) is 5.13. The van der Waals surface area contributed by atoms with Gasteiger partial charge in [0.15, 0.2) is 6.61 Å². The number of hydrogen-bond donors (Lipinski definition) is 2. The van der Waals surface area contributed by atoms with Crippen LogP contribution in [-0.2, 0) is 4.79 Å². The van der Waals surface area contributed by atoms with E-state index in [4.69, 9.17) is 15.2 Å². The second kappa shape index (κ2) is 8.54. The summed E-state index contributed by atoms with van der Waals surface area (Å²) in [4.78, 5) is 22.1. The van der Waals surface area contributed by atoms with Gasteiger partial charge in [0.25, 0.3) is 5.91 Å². The summed E-state index contributed by atoms with van der Waals surface area (Å²) >= 11 is 0. The fourth-order valence-corrected chi connectivity index (χ4v) is 2.16. The zero-order valence-electron chi connectivity index (χ0n) is 12.7. The third kappa shape index (κ3) is 5.26. The van der Waals surface area contributed by atoms with Gasteiger partial charge in [0.1, 0.15) is 5.75 Å². The van der Waals surface area contributed by atoms with Crippen molar-refractivity contribution in [2.45, 2.75) is 18.9 Å². The molecule has 1 aromatic rings. The molecule has 1 amide bonds. The van der Waals surface area contributed by atoms with Gasteiger partial charge in [-0.2, -0.15) is 0 Å². The van der Waals surface area contributed by atoms with Gasteiger partial charge < -0.3 is 20.5 Å². The van der Waals surface area contributed by atoms with Gasteiger partial charge in [-0.15, -0.1) is 12.4 Å². The van der Waals surface area contributed by atoms with Crippen molar-refractivity contribution in [3.8, 4) is 11.5 Å². The van der Waals surface area contributed by atoms with Crippen molar-refractivity contribution >= 4 is 24.0 Å². The Morgan fingerprint density at radius 3 is 2.74 bits per heavy atom. The molecular formula is C14H20ClN3O5. The van der Waals surface area contributed by atoms with Gasteiger partial charge >= 0.3 is 5.69 Å². The molecule has 3 N–H and O–H groups in total. The average Bonchev–Trinajstić information content (AvgIpc) is 3.34. The number of methoxy groups -OCH3 is 1. The summed E-state index contributed by atoms with van der Waals surface area (Å²) in [5, 5.41) is 13.6. The Morgan fingerprint density at radius 2 is 2.22 bits per heavy atom. The fourth-order valence-electron chi connectivity index (χ4n) is 2.16. The first-order valence-electron chi connectivity index (χ1n) is 6.99. The van der Waals surface area contributed by atoms with Gasteiger partial charge in [0.2, 0.25) is 5.75 Å². The number of hydrogen-bond acceptors (Lipinski definition) is 6. The molecule has 1 unspecified atom stereocenters. The average molecular weight is 346 g/mol. The maximum atomic E-state index is 11.8. The molecular weight excluding hydrogens is 326 g/mol. The van der Waals surface area contributed by atoms with Crippen LogP contribution in [0.15, 0.2) is 18.2 Å². The van der Waals surface area contributed by atoms with Crippen LogP contribution in [0, 0.1) is 16.0 Å². The number of halogens is 1. The third-order valence-electron chi connectivity index (χ3n) is 3.51. The van der Waals surface area contributed by atoms with E-state index >= 15 is 0 Å². The van der Waals surface area contributed by atoms with Crippen molar-refractivity contribution in [2.75, 3.05) is 20.3 Å². The lowest BCUT2D eigenvalue weighted by Gasteiger charge is -2.16. The molecule has 9 heteroatoms. The van der Waals surface area contributed by atoms with Crippen molar-refractivity contribution < 1.29 is 19.2 Å². The van der Waals surface area contributed by atoms with Crippen LogP contribution >= 0.6 is 12.4 Å². The van der Waals surface area contributed by atoms with Gasteiger partial charge in [-0.05, 0) is 24.8 Å². The highest BCUT2D eigenvalue weighted by Crippen LogP contribution is 2.32. The number of amides is 1. The van der Waals surface area contributed by atoms with E-state index in [1.165, 1.54) is 25.3 Å². The van der Waals surface area contributed by atoms with E-state index in [-0.39, 0.29) is 42.4 Å². The van der Waals surface area contributed by atoms with Crippen molar-refractivity contribution in [1.29, 1.82) is 0 Å². The third-order valence-corrected chi connectivity index (χ3v) is 3.51. The Morgan fingerprint density at radius 1 is 1.52 bits per heavy atom. The second-order valence-corrected chi connectivity index (χ2v) is 5.13. The number of nitrogens with one attached hydrogen (secondary N) is 1. The maximum absolute atomic E-state index is 11.8. The number of nitro groups is 1. The van der Waals surface area contributed by atoms with Gasteiger partial charge in [0, 0.05) is 24.7 Å². The van der Waals surface area contributed by atoms with Crippen LogP contribution in [0.25, 0.3) is 0 Å². The molecule has 1 saturated carbocycles. The summed E-state index contributed by atoms with van der Waals surface area (Å²) < 4.78 is 10.3. The maximum Gasteiger partial charge on any atom is 0.311 e. The predicted molar refractivity (Wildman–Crippen MR) is 86.1 cm³/mol. The number of carbonyl (C=O) groups is 1. The first kappa shape index (κ1) is 19.0. The van der Waals surface area contributed by atoms with Gasteiger partial charge in [-0.1, -0.05) is 0 Å². The van der Waals surface area contributed by atoms with E-state index in [0.717, 1.165) is 12.8 Å². The summed E-state index contributed by atoms with van der Waals surface area (Å²) in [5.41, 5.74) is 5.46. The molecule has 1 fully saturated rings. The van der Waals surface area contributed by atoms with Crippen LogP contribution < -0.4 is 20.5 Å². The highest BCUT2D eigenvalue weighted by atomic mass is 35.5. The number of nitrogens with two attached hydrogens (primary N) is 1. The molecule has 128 valence electrons. The molecule has 8 nitrogen and oxygen atoms in total. The number of nitrogens with zero attached hydrogens (tertiary/aromatic N) is 1. The minimum Gasteiger partial charge on any atom is -0.490 e. The first-order valence-corrected chi connectivity index (χ1v) is 6.99. The molecule has 0 aromatic heterocycles. The van der Waals surface area contributed by atoms with E-state index in [1.54, 1.807) is 0 Å². The normalized spacial score (nSPS) is 14.3. The van der Waals surface area contributed by atoms with Crippen molar-refractivity contribution in [3.63, 3.8) is 0 Å². The van der Waals surface area contributed by atoms with Gasteiger partial charge in [0.05, 0.1) is 12.0 Å². The summed E-state index contributed by atoms with van der Waals surface area (Å²) in [7, 11) is 1.33. The molecule has 23 heavy (non-hydrogen) atoms. The highest BCUT2D eigenvalue weighted by molar-refractivity contribution is 5.85. The van der Waals surface area contributed by atoms with E-state index in [1.807, 2.05) is 0 Å². The van der Waals surface area contributed by atoms with Gasteiger partial charge in [-0.25, -0.2) is 0 Å². The van der Waals surface area contributed by atoms with Crippen LogP contribution in [0.5, 0.6) is 11.5 Å². The van der Waals surface area contributed by atoms with Crippen LogP contribution in [0.4, 0.5) is 5.69 Å². The topological polar surface area (TPSA) is 117 Å². The van der Waals surface area contributed by atoms with E-state index in [2.05, 4.69) is 5.32 Å². The molecule has 1 aliphatic rings. The lowest BCUT2D eigenvalue weighted by molar-refractivity contribution is -0.385. The SMILES string of the molecule is COc1cc(OCC(=O)NC(CN)C2CC2)ccc1[N+](=O)[O-].Cl. The minimum atomic E-state index is -0.545. The molecule has 1 atom stereocenters. The van der Waals surface area contributed by atoms with Crippen LogP contribution in [0.2, 0.25) is 0 Å². The number of nitro benzene ring substituents is 1. The Bertz CT molecular complexity index is 565. The molecule has 1 aromatic carbocycles. The van der Waals surface area contributed by atoms with Crippen molar-refractivity contribution in [1.82, 2.24) is 5.32 Å². The number of rotatable bonds is 8. The standard InChI is InChI=1S/C14H19N3O5.ClH/c1-21-13-6-10(4-5-12(13)17(19)20)22-8-14(18)16-11(7-15)9-2-3-9;/h4-6,9,11H,2-3,7-8,15H2,1H3,(H,16,18);1H. The summed E-state index contributed by atoms with van der Waals surface area (Å²) in [5.74, 6) is 0.613. The zero-order valence-corrected chi connectivity index (χ0v) is 13.5. The van der Waals surface area contributed by atoms with E-state index in [9.17, 15) is 14.9 Å². The minimum absolute atomic E-state index is 0. The lowest BCUT2D eigenvalue weighted by Crippen LogP contribution is -2.43. The Balaban J connectivity index is 0.00000264. The number of carbonyl (C=O) groups excluding carboxylic acids is 1. The van der Waals surface area contributed by atoms with Crippen molar-refractivity contribution in [2.24, 2.45) is 11.7 Å². The summed E-state index contributed by atoms with van der Waals surface area (Å²) in [6.45, 7) is 0.228. The lowest BCUT2D eigenvalue weighted by atomic mass is 10.2. The molecule has 0 radical (unpaired) electrons. The summed E-state index contributed by atoms with van der Waals surface area (Å²) in [6.07, 6.45) is 2.17. The largest absolute Gasteiger partial charge is 0.490 e. The molecule has 0 heterocycles. The van der Waals surface area contributed by atoms with Crippen LogP contribution in [-0.4, -0.2) is 37.1 Å². The monoisotopic (exact) mass is 345 g/mol. The quantitative estimate of drug-likeness (QED) is 0.541. The molecule has 0 spiro atoms. The molecule has 1 aliphatic carbocycles. The fraction of sp³-hybridized carbons (Fsp3) is 0.500. The Kier molecular flexibility index (Phi) is 7.05. The first-order chi connectivity index (χ1) is 10.5. The van der Waals surface area contributed by atoms with E-state index < -0.39 is 4.92 Å². The Labute approximate surface area is 139 Å². The van der Waals surface area contributed by atoms with E-state index in [0.29, 0.717) is 18.2 Å². The number of benzene rings is 1. The van der Waals surface area contributed by atoms with Crippen molar-refractivity contribution in [3.05, 3.63) is 28.3 Å². The zero-order chi connectivity index (χ0) is 16.1. The molecule has 0 bridgehead atoms. The van der Waals surface area contributed by atoms with Gasteiger partial charge in [-0.3, -0.25) is 14.9 Å². The highest BCUT2D eigenvalue weighted by Gasteiger charge is 2.31. The number of ether oxygens (including phenoxy) is 2. The van der Waals surface area contributed by atoms with Crippen LogP contribution in [0.1, 0.15) is 12.8 Å². The predicted octanol–water partition coefficient (Wildman–Crippen LogP) is 1.26. The smallest absolute Gasteiger partial charge is 0.311 e.